The lowest BCUT2D eigenvalue weighted by molar-refractivity contribution is -0.131. The molecule has 2 amide bonds. The summed E-state index contributed by atoms with van der Waals surface area (Å²) in [5, 5.41) is 7.60. The summed E-state index contributed by atoms with van der Waals surface area (Å²) in [5.74, 6) is -0.205. The van der Waals surface area contributed by atoms with Crippen LogP contribution >= 0.6 is 0 Å². The highest BCUT2D eigenvalue weighted by Gasteiger charge is 2.37. The third-order valence-electron chi connectivity index (χ3n) is 5.20. The summed E-state index contributed by atoms with van der Waals surface area (Å²) in [6.07, 6.45) is 0.297. The number of pyridine rings is 1. The standard InChI is InChI=1S/C22H24N4O3/c1-13-19-16(20(28)23-15-10-18(27)26(12-15)22(2,3)4)11-17(24-21(19)29-25-13)14-8-6-5-7-9-14/h5-9,11,15H,10,12H2,1-4H3,(H,23,28). The number of benzene rings is 1. The van der Waals surface area contributed by atoms with E-state index >= 15 is 0 Å². The number of hydrogen-bond donors (Lipinski definition) is 1. The molecule has 0 radical (unpaired) electrons. The second kappa shape index (κ2) is 6.99. The lowest BCUT2D eigenvalue weighted by Gasteiger charge is -2.32. The minimum atomic E-state index is -0.272. The van der Waals surface area contributed by atoms with Crippen molar-refractivity contribution >= 4 is 22.9 Å². The molecule has 150 valence electrons. The monoisotopic (exact) mass is 392 g/mol. The van der Waals surface area contributed by atoms with Gasteiger partial charge < -0.3 is 14.7 Å². The molecule has 1 aliphatic heterocycles. The van der Waals surface area contributed by atoms with Crippen LogP contribution in [0.5, 0.6) is 0 Å². The molecule has 3 aromatic rings. The van der Waals surface area contributed by atoms with Gasteiger partial charge in [0.1, 0.15) is 0 Å². The van der Waals surface area contributed by atoms with Crippen molar-refractivity contribution in [2.24, 2.45) is 0 Å². The molecule has 1 fully saturated rings. The van der Waals surface area contributed by atoms with E-state index in [1.807, 2.05) is 51.1 Å². The summed E-state index contributed by atoms with van der Waals surface area (Å²) in [7, 11) is 0. The van der Waals surface area contributed by atoms with Crippen LogP contribution in [0.1, 0.15) is 43.2 Å². The predicted molar refractivity (Wildman–Crippen MR) is 109 cm³/mol. The first-order chi connectivity index (χ1) is 13.7. The number of nitrogens with zero attached hydrogens (tertiary/aromatic N) is 3. The van der Waals surface area contributed by atoms with E-state index in [1.54, 1.807) is 17.9 Å². The van der Waals surface area contributed by atoms with Crippen LogP contribution in [-0.4, -0.2) is 45.0 Å². The summed E-state index contributed by atoms with van der Waals surface area (Å²) in [5.41, 5.74) is 2.63. The molecule has 1 saturated heterocycles. The number of carbonyl (C=O) groups excluding carboxylic acids is 2. The lowest BCUT2D eigenvalue weighted by atomic mass is 10.0. The maximum atomic E-state index is 13.2. The van der Waals surface area contributed by atoms with Gasteiger partial charge in [-0.3, -0.25) is 9.59 Å². The number of carbonyl (C=O) groups is 2. The fourth-order valence-corrected chi connectivity index (χ4v) is 3.75. The van der Waals surface area contributed by atoms with Gasteiger partial charge in [0.15, 0.2) is 0 Å². The molecular weight excluding hydrogens is 368 g/mol. The molecule has 1 atom stereocenters. The van der Waals surface area contributed by atoms with Crippen molar-refractivity contribution in [3.8, 4) is 11.3 Å². The highest BCUT2D eigenvalue weighted by Crippen LogP contribution is 2.28. The van der Waals surface area contributed by atoms with E-state index in [-0.39, 0.29) is 23.4 Å². The van der Waals surface area contributed by atoms with Crippen molar-refractivity contribution in [3.05, 3.63) is 47.7 Å². The second-order valence-corrected chi connectivity index (χ2v) is 8.42. The van der Waals surface area contributed by atoms with Crippen LogP contribution in [0, 0.1) is 6.92 Å². The van der Waals surface area contributed by atoms with Gasteiger partial charge in [-0.15, -0.1) is 0 Å². The van der Waals surface area contributed by atoms with Gasteiger partial charge in [-0.25, -0.2) is 4.98 Å². The maximum Gasteiger partial charge on any atom is 0.259 e. The molecule has 0 bridgehead atoms. The van der Waals surface area contributed by atoms with Crippen LogP contribution in [0.3, 0.4) is 0 Å². The van der Waals surface area contributed by atoms with Gasteiger partial charge in [-0.2, -0.15) is 0 Å². The van der Waals surface area contributed by atoms with Gasteiger partial charge in [0.2, 0.25) is 5.91 Å². The van der Waals surface area contributed by atoms with Gasteiger partial charge in [0, 0.05) is 24.1 Å². The molecule has 7 nitrogen and oxygen atoms in total. The van der Waals surface area contributed by atoms with Gasteiger partial charge in [-0.1, -0.05) is 35.5 Å². The van der Waals surface area contributed by atoms with E-state index in [2.05, 4.69) is 15.5 Å². The van der Waals surface area contributed by atoms with Gasteiger partial charge in [0.05, 0.1) is 28.4 Å². The van der Waals surface area contributed by atoms with Crippen molar-refractivity contribution in [2.75, 3.05) is 6.54 Å². The van der Waals surface area contributed by atoms with Gasteiger partial charge in [0.25, 0.3) is 11.6 Å². The highest BCUT2D eigenvalue weighted by molar-refractivity contribution is 6.07. The number of aryl methyl sites for hydroxylation is 1. The Labute approximate surface area is 169 Å². The molecule has 1 unspecified atom stereocenters. The van der Waals surface area contributed by atoms with E-state index in [0.717, 1.165) is 5.56 Å². The van der Waals surface area contributed by atoms with Gasteiger partial charge >= 0.3 is 0 Å². The van der Waals surface area contributed by atoms with E-state index in [4.69, 9.17) is 4.52 Å². The average molecular weight is 392 g/mol. The third-order valence-corrected chi connectivity index (χ3v) is 5.20. The minimum absolute atomic E-state index is 0.0498. The zero-order valence-electron chi connectivity index (χ0n) is 17.0. The maximum absolute atomic E-state index is 13.2. The Balaban J connectivity index is 1.67. The summed E-state index contributed by atoms with van der Waals surface area (Å²) in [6, 6.07) is 11.1. The molecule has 1 aliphatic rings. The molecular formula is C22H24N4O3. The fourth-order valence-electron chi connectivity index (χ4n) is 3.75. The molecule has 3 heterocycles. The topological polar surface area (TPSA) is 88.3 Å². The largest absolute Gasteiger partial charge is 0.347 e. The highest BCUT2D eigenvalue weighted by atomic mass is 16.5. The Hall–Kier alpha value is -3.22. The van der Waals surface area contributed by atoms with Crippen LogP contribution in [0.15, 0.2) is 40.9 Å². The SMILES string of the molecule is Cc1noc2nc(-c3ccccc3)cc(C(=O)NC3CC(=O)N(C(C)(C)C)C3)c12. The third kappa shape index (κ3) is 3.60. The van der Waals surface area contributed by atoms with E-state index in [0.29, 0.717) is 41.0 Å². The Morgan fingerprint density at radius 3 is 2.62 bits per heavy atom. The number of hydrogen-bond acceptors (Lipinski definition) is 5. The molecule has 0 saturated carbocycles. The quantitative estimate of drug-likeness (QED) is 0.739. The van der Waals surface area contributed by atoms with E-state index in [9.17, 15) is 9.59 Å². The van der Waals surface area contributed by atoms with E-state index < -0.39 is 0 Å². The van der Waals surface area contributed by atoms with Crippen molar-refractivity contribution < 1.29 is 14.1 Å². The van der Waals surface area contributed by atoms with Gasteiger partial charge in [-0.05, 0) is 33.8 Å². The molecule has 1 N–H and O–H groups in total. The Morgan fingerprint density at radius 2 is 1.97 bits per heavy atom. The van der Waals surface area contributed by atoms with Crippen LogP contribution in [-0.2, 0) is 4.79 Å². The van der Waals surface area contributed by atoms with Crippen molar-refractivity contribution in [1.82, 2.24) is 20.4 Å². The van der Waals surface area contributed by atoms with Crippen LogP contribution in [0.2, 0.25) is 0 Å². The number of nitrogens with one attached hydrogen (secondary N) is 1. The second-order valence-electron chi connectivity index (χ2n) is 8.42. The first-order valence-corrected chi connectivity index (χ1v) is 9.68. The lowest BCUT2D eigenvalue weighted by Crippen LogP contribution is -2.44. The zero-order chi connectivity index (χ0) is 20.8. The van der Waals surface area contributed by atoms with Crippen LogP contribution in [0.25, 0.3) is 22.4 Å². The summed E-state index contributed by atoms with van der Waals surface area (Å²) in [4.78, 5) is 31.9. The normalized spacial score (nSPS) is 17.2. The molecule has 4 rings (SSSR count). The van der Waals surface area contributed by atoms with Crippen molar-refractivity contribution in [3.63, 3.8) is 0 Å². The number of aromatic nitrogens is 2. The molecule has 7 heteroatoms. The zero-order valence-corrected chi connectivity index (χ0v) is 17.0. The molecule has 2 aromatic heterocycles. The summed E-state index contributed by atoms with van der Waals surface area (Å²) < 4.78 is 5.35. The Kier molecular flexibility index (Phi) is 4.61. The molecule has 29 heavy (non-hydrogen) atoms. The number of rotatable bonds is 3. The molecule has 1 aromatic carbocycles. The fraction of sp³-hybridized carbons (Fsp3) is 0.364. The first kappa shape index (κ1) is 19.1. The van der Waals surface area contributed by atoms with Crippen molar-refractivity contribution in [1.29, 1.82) is 0 Å². The average Bonchev–Trinajstić information content (AvgIpc) is 3.24. The summed E-state index contributed by atoms with van der Waals surface area (Å²) in [6.45, 7) is 8.26. The number of amides is 2. The van der Waals surface area contributed by atoms with Crippen LogP contribution < -0.4 is 5.32 Å². The predicted octanol–water partition coefficient (Wildman–Crippen LogP) is 3.33. The Morgan fingerprint density at radius 1 is 1.24 bits per heavy atom. The smallest absolute Gasteiger partial charge is 0.259 e. The molecule has 0 aliphatic carbocycles. The van der Waals surface area contributed by atoms with Crippen LogP contribution in [0.4, 0.5) is 0 Å². The minimum Gasteiger partial charge on any atom is -0.347 e. The van der Waals surface area contributed by atoms with Crippen molar-refractivity contribution in [2.45, 2.75) is 45.7 Å². The molecule has 0 spiro atoms. The number of fused-ring (bicyclic) bond motifs is 1. The summed E-state index contributed by atoms with van der Waals surface area (Å²) >= 11 is 0. The van der Waals surface area contributed by atoms with E-state index in [1.165, 1.54) is 0 Å². The Bertz CT molecular complexity index is 1080. The number of likely N-dealkylation sites (tertiary alicyclic amines) is 1. The first-order valence-electron chi connectivity index (χ1n) is 9.68.